The maximum Gasteiger partial charge on any atom is 0.251 e. The lowest BCUT2D eigenvalue weighted by Crippen LogP contribution is -2.33. The van der Waals surface area contributed by atoms with E-state index in [2.05, 4.69) is 26.0 Å². The predicted molar refractivity (Wildman–Crippen MR) is 109 cm³/mol. The number of amides is 1. The van der Waals surface area contributed by atoms with Gasteiger partial charge in [0.1, 0.15) is 5.82 Å². The van der Waals surface area contributed by atoms with Crippen molar-refractivity contribution in [2.75, 3.05) is 6.54 Å². The lowest BCUT2D eigenvalue weighted by molar-refractivity contribution is 0.0954. The summed E-state index contributed by atoms with van der Waals surface area (Å²) in [4.78, 5) is 12.5. The molecule has 150 valence electrons. The van der Waals surface area contributed by atoms with Crippen molar-refractivity contribution in [1.82, 2.24) is 10.0 Å². The van der Waals surface area contributed by atoms with Crippen LogP contribution in [0.5, 0.6) is 0 Å². The van der Waals surface area contributed by atoms with Gasteiger partial charge < -0.3 is 5.32 Å². The van der Waals surface area contributed by atoms with E-state index in [-0.39, 0.29) is 28.2 Å². The van der Waals surface area contributed by atoms with Crippen molar-refractivity contribution in [1.29, 1.82) is 0 Å². The molecule has 0 bridgehead atoms. The van der Waals surface area contributed by atoms with Crippen molar-refractivity contribution in [3.05, 3.63) is 63.9 Å². The fourth-order valence-corrected chi connectivity index (χ4v) is 5.03. The Morgan fingerprint density at radius 1 is 1.14 bits per heavy atom. The molecule has 1 aliphatic rings. The Kier molecular flexibility index (Phi) is 6.85. The fraction of sp³-hybridized carbons (Fsp3) is 0.350. The second-order valence-electron chi connectivity index (χ2n) is 6.88. The largest absolute Gasteiger partial charge is 0.352 e. The molecular weight excluding hydrogens is 447 g/mol. The molecule has 0 unspecified atom stereocenters. The Balaban J connectivity index is 1.60. The monoisotopic (exact) mass is 468 g/mol. The molecule has 3 rings (SSSR count). The third-order valence-corrected chi connectivity index (χ3v) is 6.89. The van der Waals surface area contributed by atoms with Crippen molar-refractivity contribution in [2.45, 2.75) is 43.0 Å². The molecule has 8 heteroatoms. The van der Waals surface area contributed by atoms with Crippen LogP contribution >= 0.6 is 15.9 Å². The summed E-state index contributed by atoms with van der Waals surface area (Å²) < 4.78 is 41.4. The molecule has 1 fully saturated rings. The van der Waals surface area contributed by atoms with Crippen molar-refractivity contribution in [2.24, 2.45) is 0 Å². The van der Waals surface area contributed by atoms with E-state index >= 15 is 0 Å². The molecule has 2 aromatic carbocycles. The average molecular weight is 469 g/mol. The maximum absolute atomic E-state index is 13.3. The lowest BCUT2D eigenvalue weighted by Gasteiger charge is -2.13. The van der Waals surface area contributed by atoms with Gasteiger partial charge in [-0.05, 0) is 71.1 Å². The Morgan fingerprint density at radius 2 is 1.89 bits per heavy atom. The molecule has 2 aromatic rings. The van der Waals surface area contributed by atoms with E-state index in [0.717, 1.165) is 31.2 Å². The van der Waals surface area contributed by atoms with E-state index < -0.39 is 10.0 Å². The molecule has 0 aliphatic heterocycles. The predicted octanol–water partition coefficient (Wildman–Crippen LogP) is 3.78. The molecule has 0 saturated heterocycles. The Bertz CT molecular complexity index is 960. The summed E-state index contributed by atoms with van der Waals surface area (Å²) in [5.41, 5.74) is 1.17. The topological polar surface area (TPSA) is 75.3 Å². The van der Waals surface area contributed by atoms with Gasteiger partial charge in [0.25, 0.3) is 5.91 Å². The zero-order valence-corrected chi connectivity index (χ0v) is 17.7. The first kappa shape index (κ1) is 21.0. The summed E-state index contributed by atoms with van der Waals surface area (Å²) in [6.45, 7) is 0.355. The van der Waals surface area contributed by atoms with Gasteiger partial charge in [0.15, 0.2) is 0 Å². The van der Waals surface area contributed by atoms with Crippen LogP contribution in [0, 0.1) is 5.82 Å². The zero-order chi connectivity index (χ0) is 20.1. The van der Waals surface area contributed by atoms with Gasteiger partial charge in [-0.3, -0.25) is 4.79 Å². The van der Waals surface area contributed by atoms with Gasteiger partial charge in [0.05, 0.1) is 9.37 Å². The highest BCUT2D eigenvalue weighted by atomic mass is 79.9. The van der Waals surface area contributed by atoms with Gasteiger partial charge in [-0.15, -0.1) is 0 Å². The molecule has 0 heterocycles. The minimum Gasteiger partial charge on any atom is -0.352 e. The summed E-state index contributed by atoms with van der Waals surface area (Å²) in [6, 6.07) is 10.7. The van der Waals surface area contributed by atoms with Crippen LogP contribution in [0.25, 0.3) is 0 Å². The van der Waals surface area contributed by atoms with E-state index in [1.54, 1.807) is 24.3 Å². The standard InChI is InChI=1S/C20H22BrFN2O3S/c21-18-12-14(8-9-19(18)22)10-11-23-20(25)15-4-3-7-17(13-15)28(26,27)24-16-5-1-2-6-16/h3-4,7-9,12-13,16,24H,1-2,5-6,10-11H2,(H,23,25). The first-order valence-electron chi connectivity index (χ1n) is 9.20. The molecular formula is C20H22BrFN2O3S. The Labute approximate surface area is 172 Å². The van der Waals surface area contributed by atoms with Crippen LogP contribution in [0.15, 0.2) is 51.8 Å². The van der Waals surface area contributed by atoms with Crippen molar-refractivity contribution < 1.29 is 17.6 Å². The highest BCUT2D eigenvalue weighted by Crippen LogP contribution is 2.21. The molecule has 0 spiro atoms. The minimum absolute atomic E-state index is 0.0301. The highest BCUT2D eigenvalue weighted by molar-refractivity contribution is 9.10. The van der Waals surface area contributed by atoms with Gasteiger partial charge >= 0.3 is 0 Å². The summed E-state index contributed by atoms with van der Waals surface area (Å²) in [5.74, 6) is -0.684. The molecule has 1 saturated carbocycles. The van der Waals surface area contributed by atoms with Crippen LogP contribution in [0.2, 0.25) is 0 Å². The molecule has 1 aliphatic carbocycles. The fourth-order valence-electron chi connectivity index (χ4n) is 3.25. The first-order valence-corrected chi connectivity index (χ1v) is 11.5. The Morgan fingerprint density at radius 3 is 2.61 bits per heavy atom. The second kappa shape index (κ2) is 9.15. The van der Waals surface area contributed by atoms with Crippen LogP contribution in [0.4, 0.5) is 4.39 Å². The number of carbonyl (C=O) groups excluding carboxylic acids is 1. The van der Waals surface area contributed by atoms with Gasteiger partial charge in [-0.25, -0.2) is 17.5 Å². The maximum atomic E-state index is 13.3. The summed E-state index contributed by atoms with van der Waals surface area (Å²) >= 11 is 3.14. The molecule has 5 nitrogen and oxygen atoms in total. The number of hydrogen-bond donors (Lipinski definition) is 2. The number of hydrogen-bond acceptors (Lipinski definition) is 3. The third-order valence-electron chi connectivity index (χ3n) is 4.77. The minimum atomic E-state index is -3.64. The number of carbonyl (C=O) groups is 1. The number of halogens is 2. The summed E-state index contributed by atoms with van der Waals surface area (Å²) in [7, 11) is -3.64. The number of nitrogens with one attached hydrogen (secondary N) is 2. The van der Waals surface area contributed by atoms with E-state index in [0.29, 0.717) is 17.4 Å². The summed E-state index contributed by atoms with van der Waals surface area (Å²) in [5, 5.41) is 2.77. The lowest BCUT2D eigenvalue weighted by atomic mass is 10.1. The van der Waals surface area contributed by atoms with Gasteiger partial charge in [0, 0.05) is 18.2 Å². The SMILES string of the molecule is O=C(NCCc1ccc(F)c(Br)c1)c1cccc(S(=O)(=O)NC2CCCC2)c1. The van der Waals surface area contributed by atoms with Crippen LogP contribution in [-0.4, -0.2) is 26.9 Å². The normalized spacial score (nSPS) is 14.9. The zero-order valence-electron chi connectivity index (χ0n) is 15.3. The number of benzene rings is 2. The molecule has 1 amide bonds. The van der Waals surface area contributed by atoms with Gasteiger partial charge in [-0.1, -0.05) is 25.0 Å². The second-order valence-corrected chi connectivity index (χ2v) is 9.45. The average Bonchev–Trinajstić information content (AvgIpc) is 3.17. The third kappa shape index (κ3) is 5.40. The summed E-state index contributed by atoms with van der Waals surface area (Å²) in [6.07, 6.45) is 4.28. The van der Waals surface area contributed by atoms with Crippen molar-refractivity contribution in [3.63, 3.8) is 0 Å². The van der Waals surface area contributed by atoms with E-state index in [1.165, 1.54) is 18.2 Å². The Hall–Kier alpha value is -1.77. The van der Waals surface area contributed by atoms with Crippen LogP contribution < -0.4 is 10.0 Å². The van der Waals surface area contributed by atoms with Crippen molar-refractivity contribution >= 4 is 31.9 Å². The molecule has 0 aromatic heterocycles. The van der Waals surface area contributed by atoms with Crippen LogP contribution in [0.1, 0.15) is 41.6 Å². The van der Waals surface area contributed by atoms with Gasteiger partial charge in [0.2, 0.25) is 10.0 Å². The van der Waals surface area contributed by atoms with Crippen molar-refractivity contribution in [3.8, 4) is 0 Å². The first-order chi connectivity index (χ1) is 13.3. The smallest absolute Gasteiger partial charge is 0.251 e. The number of sulfonamides is 1. The number of rotatable bonds is 7. The highest BCUT2D eigenvalue weighted by Gasteiger charge is 2.23. The van der Waals surface area contributed by atoms with E-state index in [4.69, 9.17) is 0 Å². The quantitative estimate of drug-likeness (QED) is 0.648. The van der Waals surface area contributed by atoms with E-state index in [1.807, 2.05) is 0 Å². The molecule has 28 heavy (non-hydrogen) atoms. The van der Waals surface area contributed by atoms with Gasteiger partial charge in [-0.2, -0.15) is 0 Å². The van der Waals surface area contributed by atoms with Crippen LogP contribution in [0.3, 0.4) is 0 Å². The molecule has 0 radical (unpaired) electrons. The molecule has 2 N–H and O–H groups in total. The van der Waals surface area contributed by atoms with Crippen LogP contribution in [-0.2, 0) is 16.4 Å². The van der Waals surface area contributed by atoms with E-state index in [9.17, 15) is 17.6 Å². The molecule has 0 atom stereocenters.